The Hall–Kier alpha value is -2.56. The number of benzene rings is 1. The molecule has 23 heavy (non-hydrogen) atoms. The number of pyridine rings is 1. The number of carbonyl (C=O) groups is 1. The summed E-state index contributed by atoms with van der Waals surface area (Å²) in [7, 11) is 1.57. The van der Waals surface area contributed by atoms with E-state index in [1.807, 2.05) is 36.4 Å². The molecule has 1 atom stereocenters. The molecule has 2 rings (SSSR count). The average Bonchev–Trinajstić information content (AvgIpc) is 2.60. The first-order valence-electron chi connectivity index (χ1n) is 7.81. The van der Waals surface area contributed by atoms with E-state index in [9.17, 15) is 4.79 Å². The number of carbonyl (C=O) groups excluding carboxylic acids is 1. The van der Waals surface area contributed by atoms with Crippen LogP contribution >= 0.6 is 0 Å². The van der Waals surface area contributed by atoms with Crippen LogP contribution in [-0.4, -0.2) is 18.1 Å². The van der Waals surface area contributed by atoms with Gasteiger partial charge < -0.3 is 15.4 Å². The molecule has 2 N–H and O–H groups in total. The second kappa shape index (κ2) is 8.78. The van der Waals surface area contributed by atoms with Gasteiger partial charge in [-0.05, 0) is 23.6 Å². The highest BCUT2D eigenvalue weighted by atomic mass is 16.5. The second-order valence-corrected chi connectivity index (χ2v) is 5.29. The van der Waals surface area contributed by atoms with Crippen LogP contribution in [0.3, 0.4) is 0 Å². The van der Waals surface area contributed by atoms with E-state index >= 15 is 0 Å². The SMILES string of the molecule is CCCC(NC(=O)NCc1ccnc(OC)c1)c1ccccc1. The Labute approximate surface area is 137 Å². The number of nitrogens with zero attached hydrogens (tertiary/aromatic N) is 1. The summed E-state index contributed by atoms with van der Waals surface area (Å²) in [6, 6.07) is 13.5. The van der Waals surface area contributed by atoms with Crippen molar-refractivity contribution in [1.29, 1.82) is 0 Å². The van der Waals surface area contributed by atoms with Gasteiger partial charge in [0.05, 0.1) is 13.2 Å². The summed E-state index contributed by atoms with van der Waals surface area (Å²) < 4.78 is 5.08. The molecule has 2 amide bonds. The average molecular weight is 313 g/mol. The first-order chi connectivity index (χ1) is 11.2. The number of hydrogen-bond acceptors (Lipinski definition) is 3. The molecule has 0 bridgehead atoms. The smallest absolute Gasteiger partial charge is 0.315 e. The van der Waals surface area contributed by atoms with Gasteiger partial charge in [0, 0.05) is 18.8 Å². The summed E-state index contributed by atoms with van der Waals surface area (Å²) in [5.74, 6) is 0.540. The Morgan fingerprint density at radius 3 is 2.74 bits per heavy atom. The molecule has 0 aliphatic heterocycles. The van der Waals surface area contributed by atoms with Gasteiger partial charge in [-0.25, -0.2) is 9.78 Å². The molecule has 0 saturated carbocycles. The maximum atomic E-state index is 12.2. The third-order valence-corrected chi connectivity index (χ3v) is 3.55. The third-order valence-electron chi connectivity index (χ3n) is 3.55. The van der Waals surface area contributed by atoms with Gasteiger partial charge in [-0.3, -0.25) is 0 Å². The number of hydrogen-bond donors (Lipinski definition) is 2. The highest BCUT2D eigenvalue weighted by Crippen LogP contribution is 2.17. The fourth-order valence-electron chi connectivity index (χ4n) is 2.36. The predicted octanol–water partition coefficient (Wildman–Crippen LogP) is 3.43. The van der Waals surface area contributed by atoms with Crippen LogP contribution in [0.25, 0.3) is 0 Å². The van der Waals surface area contributed by atoms with E-state index < -0.39 is 0 Å². The zero-order valence-electron chi connectivity index (χ0n) is 13.6. The Balaban J connectivity index is 1.91. The minimum absolute atomic E-state index is 0.0215. The number of methoxy groups -OCH3 is 1. The number of aromatic nitrogens is 1. The highest BCUT2D eigenvalue weighted by Gasteiger charge is 2.13. The Morgan fingerprint density at radius 1 is 1.26 bits per heavy atom. The minimum Gasteiger partial charge on any atom is -0.481 e. The molecule has 0 saturated heterocycles. The third kappa shape index (κ3) is 5.29. The lowest BCUT2D eigenvalue weighted by molar-refractivity contribution is 0.236. The standard InChI is InChI=1S/C18H23N3O2/c1-3-7-16(15-8-5-4-6-9-15)21-18(22)20-13-14-10-11-19-17(12-14)23-2/h4-6,8-12,16H,3,7,13H2,1-2H3,(H2,20,21,22). The van der Waals surface area contributed by atoms with Crippen molar-refractivity contribution in [1.82, 2.24) is 15.6 Å². The zero-order valence-corrected chi connectivity index (χ0v) is 13.6. The van der Waals surface area contributed by atoms with Gasteiger partial charge in [0.25, 0.3) is 0 Å². The molecule has 1 unspecified atom stereocenters. The van der Waals surface area contributed by atoms with E-state index in [1.165, 1.54) is 0 Å². The van der Waals surface area contributed by atoms with Crippen molar-refractivity contribution in [2.75, 3.05) is 7.11 Å². The summed E-state index contributed by atoms with van der Waals surface area (Å²) in [6.07, 6.45) is 3.57. The van der Waals surface area contributed by atoms with Crippen LogP contribution in [0, 0.1) is 0 Å². The first-order valence-corrected chi connectivity index (χ1v) is 7.81. The molecule has 0 fully saturated rings. The summed E-state index contributed by atoms with van der Waals surface area (Å²) in [4.78, 5) is 16.2. The molecule has 1 aromatic carbocycles. The number of ether oxygens (including phenoxy) is 1. The lowest BCUT2D eigenvalue weighted by Crippen LogP contribution is -2.37. The molecule has 122 valence electrons. The molecular formula is C18H23N3O2. The summed E-state index contributed by atoms with van der Waals surface area (Å²) >= 11 is 0. The molecule has 1 aromatic heterocycles. The van der Waals surface area contributed by atoms with Gasteiger partial charge in [-0.2, -0.15) is 0 Å². The fraction of sp³-hybridized carbons (Fsp3) is 0.333. The van der Waals surface area contributed by atoms with E-state index in [2.05, 4.69) is 22.5 Å². The maximum Gasteiger partial charge on any atom is 0.315 e. The monoisotopic (exact) mass is 313 g/mol. The lowest BCUT2D eigenvalue weighted by atomic mass is 10.0. The van der Waals surface area contributed by atoms with Crippen molar-refractivity contribution in [2.24, 2.45) is 0 Å². The van der Waals surface area contributed by atoms with Crippen LogP contribution in [0.1, 0.15) is 36.9 Å². The lowest BCUT2D eigenvalue weighted by Gasteiger charge is -2.19. The zero-order chi connectivity index (χ0) is 16.5. The first kappa shape index (κ1) is 16.8. The summed E-state index contributed by atoms with van der Waals surface area (Å²) in [5.41, 5.74) is 2.06. The van der Waals surface area contributed by atoms with Crippen molar-refractivity contribution in [3.8, 4) is 5.88 Å². The number of urea groups is 1. The van der Waals surface area contributed by atoms with Gasteiger partial charge >= 0.3 is 6.03 Å². The Kier molecular flexibility index (Phi) is 6.41. The van der Waals surface area contributed by atoms with Crippen molar-refractivity contribution in [3.05, 3.63) is 59.8 Å². The Morgan fingerprint density at radius 2 is 2.04 bits per heavy atom. The topological polar surface area (TPSA) is 63.2 Å². The molecule has 5 nitrogen and oxygen atoms in total. The van der Waals surface area contributed by atoms with Gasteiger partial charge in [0.15, 0.2) is 0 Å². The van der Waals surface area contributed by atoms with Crippen molar-refractivity contribution in [3.63, 3.8) is 0 Å². The van der Waals surface area contributed by atoms with Crippen molar-refractivity contribution >= 4 is 6.03 Å². The van der Waals surface area contributed by atoms with Crippen LogP contribution < -0.4 is 15.4 Å². The van der Waals surface area contributed by atoms with Gasteiger partial charge in [0.2, 0.25) is 5.88 Å². The molecule has 1 heterocycles. The summed E-state index contributed by atoms with van der Waals surface area (Å²) in [6.45, 7) is 2.54. The van der Waals surface area contributed by atoms with E-state index in [1.54, 1.807) is 19.4 Å². The number of amides is 2. The number of rotatable bonds is 7. The van der Waals surface area contributed by atoms with E-state index in [0.29, 0.717) is 12.4 Å². The van der Waals surface area contributed by atoms with E-state index in [0.717, 1.165) is 24.0 Å². The molecular weight excluding hydrogens is 290 g/mol. The highest BCUT2D eigenvalue weighted by molar-refractivity contribution is 5.74. The molecule has 5 heteroatoms. The van der Waals surface area contributed by atoms with Crippen LogP contribution in [0.2, 0.25) is 0 Å². The van der Waals surface area contributed by atoms with E-state index in [-0.39, 0.29) is 12.1 Å². The maximum absolute atomic E-state index is 12.2. The van der Waals surface area contributed by atoms with Gasteiger partial charge in [0.1, 0.15) is 0 Å². The number of nitrogens with one attached hydrogen (secondary N) is 2. The largest absolute Gasteiger partial charge is 0.481 e. The van der Waals surface area contributed by atoms with Gasteiger partial charge in [-0.15, -0.1) is 0 Å². The Bertz CT molecular complexity index is 617. The quantitative estimate of drug-likeness (QED) is 0.823. The van der Waals surface area contributed by atoms with Crippen LogP contribution in [0.5, 0.6) is 5.88 Å². The molecule has 0 aliphatic carbocycles. The minimum atomic E-state index is -0.178. The van der Waals surface area contributed by atoms with Crippen molar-refractivity contribution < 1.29 is 9.53 Å². The summed E-state index contributed by atoms with van der Waals surface area (Å²) in [5, 5.41) is 5.91. The van der Waals surface area contributed by atoms with Crippen LogP contribution in [-0.2, 0) is 6.54 Å². The predicted molar refractivity (Wildman–Crippen MR) is 90.3 cm³/mol. The normalized spacial score (nSPS) is 11.6. The molecule has 0 spiro atoms. The van der Waals surface area contributed by atoms with Crippen LogP contribution in [0.4, 0.5) is 4.79 Å². The van der Waals surface area contributed by atoms with Crippen molar-refractivity contribution in [2.45, 2.75) is 32.4 Å². The molecule has 0 radical (unpaired) electrons. The van der Waals surface area contributed by atoms with E-state index in [4.69, 9.17) is 4.74 Å². The molecule has 2 aromatic rings. The second-order valence-electron chi connectivity index (χ2n) is 5.29. The fourth-order valence-corrected chi connectivity index (χ4v) is 2.36. The molecule has 0 aliphatic rings. The van der Waals surface area contributed by atoms with Gasteiger partial charge in [-0.1, -0.05) is 43.7 Å². The van der Waals surface area contributed by atoms with Crippen LogP contribution in [0.15, 0.2) is 48.7 Å².